The van der Waals surface area contributed by atoms with Gasteiger partial charge in [-0.1, -0.05) is 31.4 Å². The Morgan fingerprint density at radius 2 is 1.96 bits per heavy atom. The van der Waals surface area contributed by atoms with Crippen molar-refractivity contribution in [1.29, 1.82) is 0 Å². The third-order valence-corrected chi connectivity index (χ3v) is 8.06. The Bertz CT molecular complexity index is 711. The third-order valence-electron chi connectivity index (χ3n) is 7.96. The van der Waals surface area contributed by atoms with E-state index in [0.717, 1.165) is 38.5 Å². The van der Waals surface area contributed by atoms with Gasteiger partial charge in [-0.25, -0.2) is 0 Å². The predicted molar refractivity (Wildman–Crippen MR) is 95.2 cm³/mol. The molecule has 6 atom stereocenters. The zero-order valence-electron chi connectivity index (χ0n) is 14.4. The Balaban J connectivity index is 1.71. The smallest absolute Gasteiger partial charge is 0.178 e. The maximum absolute atomic E-state index is 11.8. The van der Waals surface area contributed by atoms with Crippen molar-refractivity contribution in [2.45, 2.75) is 58.0 Å². The highest BCUT2D eigenvalue weighted by Gasteiger charge is 2.63. The molecule has 24 heavy (non-hydrogen) atoms. The number of ketones is 1. The molecule has 4 aliphatic rings. The van der Waals surface area contributed by atoms with Gasteiger partial charge in [-0.2, -0.15) is 0 Å². The summed E-state index contributed by atoms with van der Waals surface area (Å²) < 4.78 is 0. The van der Waals surface area contributed by atoms with Crippen LogP contribution >= 0.6 is 11.6 Å². The van der Waals surface area contributed by atoms with Crippen molar-refractivity contribution < 1.29 is 9.90 Å². The topological polar surface area (TPSA) is 37.3 Å². The molecule has 0 bridgehead atoms. The SMILES string of the molecule is C[C@]12C=CC(=O)C=C1CC[C@@H]1[C@@H]2CC[C@@]2(C)[C@H]1CC[C@@]2(O)C#CCl. The zero-order valence-corrected chi connectivity index (χ0v) is 15.2. The van der Waals surface area contributed by atoms with Crippen molar-refractivity contribution in [1.82, 2.24) is 0 Å². The van der Waals surface area contributed by atoms with Crippen molar-refractivity contribution in [3.05, 3.63) is 23.8 Å². The number of hydrogen-bond acceptors (Lipinski definition) is 2. The Hall–Kier alpha value is -1.04. The second-order valence-corrected chi connectivity index (χ2v) is 8.87. The average molecular weight is 345 g/mol. The second kappa shape index (κ2) is 5.23. The van der Waals surface area contributed by atoms with Crippen LogP contribution in [-0.2, 0) is 4.79 Å². The maximum Gasteiger partial charge on any atom is 0.178 e. The molecule has 3 fully saturated rings. The summed E-state index contributed by atoms with van der Waals surface area (Å²) in [6.45, 7) is 4.52. The quantitative estimate of drug-likeness (QED) is 0.668. The number of allylic oxidation sites excluding steroid dienone is 4. The van der Waals surface area contributed by atoms with E-state index in [1.165, 1.54) is 5.57 Å². The van der Waals surface area contributed by atoms with E-state index in [-0.39, 0.29) is 16.6 Å². The summed E-state index contributed by atoms with van der Waals surface area (Å²) in [5.41, 5.74) is 0.215. The van der Waals surface area contributed by atoms with Gasteiger partial charge in [0.2, 0.25) is 0 Å². The Morgan fingerprint density at radius 3 is 2.71 bits per heavy atom. The molecule has 3 saturated carbocycles. The van der Waals surface area contributed by atoms with Gasteiger partial charge in [0.1, 0.15) is 5.60 Å². The highest BCUT2D eigenvalue weighted by Crippen LogP contribution is 2.66. The first-order valence-corrected chi connectivity index (χ1v) is 9.51. The number of rotatable bonds is 0. The molecule has 3 heteroatoms. The summed E-state index contributed by atoms with van der Waals surface area (Å²) in [6, 6.07) is 0. The predicted octanol–water partition coefficient (Wildman–Crippen LogP) is 4.23. The molecule has 4 rings (SSSR count). The molecule has 4 aliphatic carbocycles. The second-order valence-electron chi connectivity index (χ2n) is 8.68. The Morgan fingerprint density at radius 1 is 1.21 bits per heavy atom. The average Bonchev–Trinajstić information content (AvgIpc) is 2.80. The van der Waals surface area contributed by atoms with E-state index in [1.807, 2.05) is 6.08 Å². The van der Waals surface area contributed by atoms with Gasteiger partial charge in [0.05, 0.1) is 0 Å². The monoisotopic (exact) mass is 344 g/mol. The van der Waals surface area contributed by atoms with Gasteiger partial charge < -0.3 is 5.11 Å². The van der Waals surface area contributed by atoms with Gasteiger partial charge in [0.25, 0.3) is 0 Å². The fourth-order valence-corrected chi connectivity index (χ4v) is 6.65. The van der Waals surface area contributed by atoms with Gasteiger partial charge in [0, 0.05) is 16.2 Å². The van der Waals surface area contributed by atoms with Crippen LogP contribution in [0, 0.1) is 39.9 Å². The van der Waals surface area contributed by atoms with Crippen molar-refractivity contribution >= 4 is 17.4 Å². The standard InChI is InChI=1S/C21H25ClO2/c1-19-8-5-15(23)13-14(19)3-4-16-17(19)6-9-20(2)18(16)7-10-21(20,24)11-12-22/h5,8,13,16-18,24H,3-4,6-7,9-10H2,1-2H3/t16-,17+,18+,19+,20+,21-/m1/s1. The van der Waals surface area contributed by atoms with E-state index in [4.69, 9.17) is 11.6 Å². The van der Waals surface area contributed by atoms with Crippen molar-refractivity contribution in [2.75, 3.05) is 0 Å². The van der Waals surface area contributed by atoms with Gasteiger partial charge in [-0.15, -0.1) is 0 Å². The van der Waals surface area contributed by atoms with Crippen LogP contribution in [0.2, 0.25) is 0 Å². The number of fused-ring (bicyclic) bond motifs is 5. The fourth-order valence-electron chi connectivity index (χ4n) is 6.50. The lowest BCUT2D eigenvalue weighted by Gasteiger charge is -2.57. The third kappa shape index (κ3) is 1.98. The molecule has 0 aromatic carbocycles. The summed E-state index contributed by atoms with van der Waals surface area (Å²) in [6.07, 6.45) is 11.7. The first-order valence-electron chi connectivity index (χ1n) is 9.13. The van der Waals surface area contributed by atoms with E-state index in [2.05, 4.69) is 31.2 Å². The molecule has 0 saturated heterocycles. The first kappa shape index (κ1) is 16.4. The van der Waals surface area contributed by atoms with Crippen LogP contribution in [0.5, 0.6) is 0 Å². The van der Waals surface area contributed by atoms with Crippen LogP contribution in [0.4, 0.5) is 0 Å². The molecule has 0 spiro atoms. The van der Waals surface area contributed by atoms with Gasteiger partial charge >= 0.3 is 0 Å². The highest BCUT2D eigenvalue weighted by molar-refractivity contribution is 6.30. The number of halogens is 1. The van der Waals surface area contributed by atoms with Crippen LogP contribution in [0.25, 0.3) is 0 Å². The Labute approximate surface area is 149 Å². The highest BCUT2D eigenvalue weighted by atomic mass is 35.5. The van der Waals surface area contributed by atoms with Crippen LogP contribution in [0.15, 0.2) is 23.8 Å². The van der Waals surface area contributed by atoms with Gasteiger partial charge in [-0.05, 0) is 80.0 Å². The van der Waals surface area contributed by atoms with Crippen LogP contribution in [-0.4, -0.2) is 16.5 Å². The van der Waals surface area contributed by atoms with Crippen molar-refractivity contribution in [2.24, 2.45) is 28.6 Å². The minimum absolute atomic E-state index is 0.0109. The summed E-state index contributed by atoms with van der Waals surface area (Å²) in [7, 11) is 0. The summed E-state index contributed by atoms with van der Waals surface area (Å²) in [5, 5.41) is 13.6. The summed E-state index contributed by atoms with van der Waals surface area (Å²) in [4.78, 5) is 11.8. The number of carbonyl (C=O) groups excluding carboxylic acids is 1. The van der Waals surface area contributed by atoms with Gasteiger partial charge in [-0.3, -0.25) is 4.79 Å². The molecule has 0 aromatic rings. The lowest BCUT2D eigenvalue weighted by molar-refractivity contribution is -0.111. The molecule has 128 valence electrons. The lowest BCUT2D eigenvalue weighted by atomic mass is 9.47. The Kier molecular flexibility index (Phi) is 3.58. The van der Waals surface area contributed by atoms with Crippen LogP contribution in [0.1, 0.15) is 52.4 Å². The van der Waals surface area contributed by atoms with Crippen LogP contribution in [0.3, 0.4) is 0 Å². The molecule has 1 N–H and O–H groups in total. The zero-order chi connectivity index (χ0) is 17.2. The van der Waals surface area contributed by atoms with Crippen molar-refractivity contribution in [3.8, 4) is 11.3 Å². The molecule has 0 aliphatic heterocycles. The molecule has 0 amide bonds. The van der Waals surface area contributed by atoms with Crippen molar-refractivity contribution in [3.63, 3.8) is 0 Å². The van der Waals surface area contributed by atoms with E-state index in [1.54, 1.807) is 6.08 Å². The normalized spacial score (nSPS) is 49.4. The lowest BCUT2D eigenvalue weighted by Crippen LogP contribution is -2.53. The molecular weight excluding hydrogens is 320 g/mol. The minimum Gasteiger partial charge on any atom is -0.377 e. The van der Waals surface area contributed by atoms with Gasteiger partial charge in [0.15, 0.2) is 5.78 Å². The van der Waals surface area contributed by atoms with E-state index in [0.29, 0.717) is 17.8 Å². The fraction of sp³-hybridized carbons (Fsp3) is 0.667. The van der Waals surface area contributed by atoms with E-state index >= 15 is 0 Å². The minimum atomic E-state index is -0.945. The largest absolute Gasteiger partial charge is 0.377 e. The number of aliphatic hydroxyl groups is 1. The molecule has 2 nitrogen and oxygen atoms in total. The molecular formula is C21H25ClO2. The summed E-state index contributed by atoms with van der Waals surface area (Å²) in [5.74, 6) is 4.71. The first-order chi connectivity index (χ1) is 11.3. The van der Waals surface area contributed by atoms with E-state index < -0.39 is 5.60 Å². The number of carbonyl (C=O) groups is 1. The molecule has 0 heterocycles. The van der Waals surface area contributed by atoms with E-state index in [9.17, 15) is 9.90 Å². The van der Waals surface area contributed by atoms with Crippen LogP contribution < -0.4 is 0 Å². The molecule has 0 radical (unpaired) electrons. The number of hydrogen-bond donors (Lipinski definition) is 1. The maximum atomic E-state index is 11.8. The summed E-state index contributed by atoms with van der Waals surface area (Å²) >= 11 is 5.66. The molecule has 0 aromatic heterocycles. The molecule has 0 unspecified atom stereocenters.